The Morgan fingerprint density at radius 1 is 1.25 bits per heavy atom. The highest BCUT2D eigenvalue weighted by atomic mass is 32.2. The Hall–Kier alpha value is -3.07. The summed E-state index contributed by atoms with van der Waals surface area (Å²) in [6.07, 6.45) is -3.39. The molecule has 3 rings (SSSR count). The standard InChI is InChI=1S/C16H13F3N6O2S/c1-3-28(26,27)11-6-9(4-5-20)8-21-13(11)15-22-10-7-12(16(17,18)19)23-24-14(10)25(15)2/h6-8H,3-4H2,1-2H3. The van der Waals surface area contributed by atoms with E-state index < -0.39 is 21.7 Å². The molecule has 0 bridgehead atoms. The molecule has 0 aliphatic rings. The van der Waals surface area contributed by atoms with Crippen LogP contribution in [0.4, 0.5) is 13.2 Å². The van der Waals surface area contributed by atoms with Gasteiger partial charge < -0.3 is 4.57 Å². The molecule has 0 atom stereocenters. The van der Waals surface area contributed by atoms with Crippen molar-refractivity contribution in [3.8, 4) is 17.6 Å². The Kier molecular flexibility index (Phi) is 4.80. The van der Waals surface area contributed by atoms with Crippen molar-refractivity contribution in [3.05, 3.63) is 29.6 Å². The number of aryl methyl sites for hydroxylation is 1. The van der Waals surface area contributed by atoms with Gasteiger partial charge >= 0.3 is 6.18 Å². The van der Waals surface area contributed by atoms with Crippen LogP contribution in [0.15, 0.2) is 23.2 Å². The largest absolute Gasteiger partial charge is 0.435 e. The molecule has 3 heterocycles. The molecule has 0 saturated carbocycles. The first-order chi connectivity index (χ1) is 13.1. The summed E-state index contributed by atoms with van der Waals surface area (Å²) in [6, 6.07) is 3.98. The summed E-state index contributed by atoms with van der Waals surface area (Å²) in [7, 11) is -2.27. The van der Waals surface area contributed by atoms with E-state index in [4.69, 9.17) is 5.26 Å². The van der Waals surface area contributed by atoms with Crippen molar-refractivity contribution in [3.63, 3.8) is 0 Å². The number of aromatic nitrogens is 5. The second kappa shape index (κ2) is 6.83. The summed E-state index contributed by atoms with van der Waals surface area (Å²) < 4.78 is 65.0. The van der Waals surface area contributed by atoms with Crippen molar-refractivity contribution in [2.75, 3.05) is 5.75 Å². The van der Waals surface area contributed by atoms with Gasteiger partial charge in [-0.05, 0) is 11.6 Å². The average molecular weight is 410 g/mol. The summed E-state index contributed by atoms with van der Waals surface area (Å²) >= 11 is 0. The molecular weight excluding hydrogens is 397 g/mol. The lowest BCUT2D eigenvalue weighted by Crippen LogP contribution is -2.10. The molecule has 0 N–H and O–H groups in total. The highest BCUT2D eigenvalue weighted by Gasteiger charge is 2.34. The Bertz CT molecular complexity index is 1210. The number of rotatable bonds is 4. The van der Waals surface area contributed by atoms with E-state index >= 15 is 0 Å². The van der Waals surface area contributed by atoms with E-state index in [9.17, 15) is 21.6 Å². The maximum Gasteiger partial charge on any atom is 0.435 e. The van der Waals surface area contributed by atoms with Crippen LogP contribution in [0, 0.1) is 11.3 Å². The Morgan fingerprint density at radius 2 is 1.96 bits per heavy atom. The number of fused-ring (bicyclic) bond motifs is 1. The quantitative estimate of drug-likeness (QED) is 0.648. The van der Waals surface area contributed by atoms with Crippen molar-refractivity contribution >= 4 is 21.0 Å². The molecular formula is C16H13F3N6O2S. The predicted molar refractivity (Wildman–Crippen MR) is 91.6 cm³/mol. The van der Waals surface area contributed by atoms with Crippen LogP contribution >= 0.6 is 0 Å². The van der Waals surface area contributed by atoms with Crippen molar-refractivity contribution in [1.82, 2.24) is 24.7 Å². The molecule has 0 unspecified atom stereocenters. The van der Waals surface area contributed by atoms with Crippen LogP contribution in [0.5, 0.6) is 0 Å². The number of pyridine rings is 1. The topological polar surface area (TPSA) is 114 Å². The SMILES string of the molecule is CCS(=O)(=O)c1cc(CC#N)cnc1-c1nc2cc(C(F)(F)F)nnc2n1C. The van der Waals surface area contributed by atoms with E-state index in [1.165, 1.54) is 30.8 Å². The second-order valence-corrected chi connectivity index (χ2v) is 8.11. The van der Waals surface area contributed by atoms with Gasteiger partial charge in [-0.3, -0.25) is 4.98 Å². The van der Waals surface area contributed by atoms with Gasteiger partial charge in [0.25, 0.3) is 0 Å². The minimum absolute atomic E-state index is 0.0270. The first-order valence-electron chi connectivity index (χ1n) is 7.94. The zero-order valence-electron chi connectivity index (χ0n) is 14.7. The van der Waals surface area contributed by atoms with Gasteiger partial charge in [-0.2, -0.15) is 18.4 Å². The third-order valence-electron chi connectivity index (χ3n) is 4.03. The maximum absolute atomic E-state index is 12.9. The number of imidazole rings is 1. The molecule has 0 radical (unpaired) electrons. The predicted octanol–water partition coefficient (Wildman–Crippen LogP) is 2.30. The van der Waals surface area contributed by atoms with Gasteiger partial charge in [-0.25, -0.2) is 13.4 Å². The fourth-order valence-electron chi connectivity index (χ4n) is 2.57. The Labute approximate surface area is 157 Å². The van der Waals surface area contributed by atoms with Gasteiger partial charge in [0.1, 0.15) is 11.2 Å². The molecule has 12 heteroatoms. The summed E-state index contributed by atoms with van der Waals surface area (Å²) in [6.45, 7) is 1.45. The van der Waals surface area contributed by atoms with E-state index in [0.29, 0.717) is 5.56 Å². The van der Waals surface area contributed by atoms with E-state index in [0.717, 1.165) is 6.07 Å². The van der Waals surface area contributed by atoms with Crippen LogP contribution in [-0.2, 0) is 29.5 Å². The summed E-state index contributed by atoms with van der Waals surface area (Å²) in [5.41, 5.74) is -0.884. The van der Waals surface area contributed by atoms with Crippen LogP contribution in [0.1, 0.15) is 18.2 Å². The van der Waals surface area contributed by atoms with Gasteiger partial charge in [0.2, 0.25) is 0 Å². The molecule has 0 aromatic carbocycles. The zero-order chi connectivity index (χ0) is 20.7. The molecule has 3 aromatic heterocycles. The van der Waals surface area contributed by atoms with Crippen molar-refractivity contribution in [2.24, 2.45) is 7.05 Å². The third kappa shape index (κ3) is 3.40. The third-order valence-corrected chi connectivity index (χ3v) is 5.77. The molecule has 0 aliphatic heterocycles. The number of sulfone groups is 1. The van der Waals surface area contributed by atoms with Gasteiger partial charge in [-0.1, -0.05) is 6.92 Å². The number of nitrogens with zero attached hydrogens (tertiary/aromatic N) is 6. The van der Waals surface area contributed by atoms with Crippen molar-refractivity contribution in [1.29, 1.82) is 5.26 Å². The van der Waals surface area contributed by atoms with E-state index in [-0.39, 0.29) is 39.8 Å². The van der Waals surface area contributed by atoms with E-state index in [2.05, 4.69) is 20.2 Å². The van der Waals surface area contributed by atoms with Crippen LogP contribution in [-0.4, -0.2) is 38.9 Å². The van der Waals surface area contributed by atoms with E-state index in [1.807, 2.05) is 6.07 Å². The van der Waals surface area contributed by atoms with Gasteiger partial charge in [-0.15, -0.1) is 10.2 Å². The van der Waals surface area contributed by atoms with Crippen LogP contribution in [0.25, 0.3) is 22.7 Å². The molecule has 0 fully saturated rings. The normalized spacial score (nSPS) is 12.3. The lowest BCUT2D eigenvalue weighted by molar-refractivity contribution is -0.141. The number of halogens is 3. The monoisotopic (exact) mass is 410 g/mol. The van der Waals surface area contributed by atoms with Crippen LogP contribution in [0.3, 0.4) is 0 Å². The average Bonchev–Trinajstić information content (AvgIpc) is 2.97. The molecule has 0 saturated heterocycles. The molecule has 8 nitrogen and oxygen atoms in total. The summed E-state index contributed by atoms with van der Waals surface area (Å²) in [5.74, 6) is -0.196. The Balaban J connectivity index is 2.27. The minimum atomic E-state index is -4.69. The Morgan fingerprint density at radius 3 is 2.57 bits per heavy atom. The summed E-state index contributed by atoms with van der Waals surface area (Å²) in [4.78, 5) is 8.09. The molecule has 0 amide bonds. The fourth-order valence-corrected chi connectivity index (χ4v) is 3.65. The molecule has 28 heavy (non-hydrogen) atoms. The molecule has 3 aromatic rings. The maximum atomic E-state index is 12.9. The van der Waals surface area contributed by atoms with Crippen LogP contribution < -0.4 is 0 Å². The zero-order valence-corrected chi connectivity index (χ0v) is 15.5. The second-order valence-electron chi connectivity index (χ2n) is 5.86. The molecule has 0 spiro atoms. The molecule has 0 aliphatic carbocycles. The number of nitriles is 1. The van der Waals surface area contributed by atoms with Crippen molar-refractivity contribution in [2.45, 2.75) is 24.4 Å². The number of hydrogen-bond acceptors (Lipinski definition) is 7. The highest BCUT2D eigenvalue weighted by molar-refractivity contribution is 7.91. The first-order valence-corrected chi connectivity index (χ1v) is 9.60. The first kappa shape index (κ1) is 19.7. The van der Waals surface area contributed by atoms with Crippen molar-refractivity contribution < 1.29 is 21.6 Å². The van der Waals surface area contributed by atoms with Gasteiger partial charge in [0.05, 0.1) is 23.1 Å². The fraction of sp³-hybridized carbons (Fsp3) is 0.312. The lowest BCUT2D eigenvalue weighted by Gasteiger charge is -2.10. The minimum Gasteiger partial charge on any atom is -0.309 e. The smallest absolute Gasteiger partial charge is 0.309 e. The molecule has 146 valence electrons. The highest BCUT2D eigenvalue weighted by Crippen LogP contribution is 2.31. The number of hydrogen-bond donors (Lipinski definition) is 0. The van der Waals surface area contributed by atoms with Gasteiger partial charge in [0, 0.05) is 19.3 Å². The lowest BCUT2D eigenvalue weighted by atomic mass is 10.2. The van der Waals surface area contributed by atoms with E-state index in [1.54, 1.807) is 0 Å². The van der Waals surface area contributed by atoms with Crippen LogP contribution in [0.2, 0.25) is 0 Å². The summed E-state index contributed by atoms with van der Waals surface area (Å²) in [5, 5.41) is 15.6. The van der Waals surface area contributed by atoms with Gasteiger partial charge in [0.15, 0.2) is 27.0 Å². The number of alkyl halides is 3.